The minimum Gasteiger partial charge on any atom is -0.354 e. The SMILES string of the molecule is CCN(CC)C(C(=O)NCCCN1CCCCCC1)c1ccccc1. The molecule has 1 N–H and O–H groups in total. The molecule has 140 valence electrons. The summed E-state index contributed by atoms with van der Waals surface area (Å²) < 4.78 is 0. The fourth-order valence-corrected chi connectivity index (χ4v) is 3.72. The van der Waals surface area contributed by atoms with Crippen molar-refractivity contribution in [3.63, 3.8) is 0 Å². The molecule has 1 amide bonds. The summed E-state index contributed by atoms with van der Waals surface area (Å²) in [5.41, 5.74) is 1.08. The maximum atomic E-state index is 12.8. The molecule has 1 aliphatic rings. The quantitative estimate of drug-likeness (QED) is 0.696. The summed E-state index contributed by atoms with van der Waals surface area (Å²) in [5.74, 6) is 0.130. The van der Waals surface area contributed by atoms with E-state index in [2.05, 4.69) is 41.1 Å². The molecule has 0 bridgehead atoms. The molecule has 1 saturated heterocycles. The van der Waals surface area contributed by atoms with Gasteiger partial charge in [-0.15, -0.1) is 0 Å². The average Bonchev–Trinajstić information content (AvgIpc) is 2.92. The molecule has 25 heavy (non-hydrogen) atoms. The van der Waals surface area contributed by atoms with E-state index >= 15 is 0 Å². The van der Waals surface area contributed by atoms with Gasteiger partial charge in [0.05, 0.1) is 0 Å². The van der Waals surface area contributed by atoms with Gasteiger partial charge >= 0.3 is 0 Å². The van der Waals surface area contributed by atoms with Crippen molar-refractivity contribution in [1.29, 1.82) is 0 Å². The highest BCUT2D eigenvalue weighted by molar-refractivity contribution is 5.83. The van der Waals surface area contributed by atoms with E-state index in [4.69, 9.17) is 0 Å². The maximum absolute atomic E-state index is 12.8. The molecular formula is C21H35N3O. The third-order valence-electron chi connectivity index (χ3n) is 5.19. The Morgan fingerprint density at radius 1 is 1.08 bits per heavy atom. The number of amides is 1. The van der Waals surface area contributed by atoms with Crippen LogP contribution in [0.3, 0.4) is 0 Å². The summed E-state index contributed by atoms with van der Waals surface area (Å²) >= 11 is 0. The Labute approximate surface area is 153 Å². The highest BCUT2D eigenvalue weighted by Crippen LogP contribution is 2.20. The van der Waals surface area contributed by atoms with Crippen LogP contribution in [-0.2, 0) is 4.79 Å². The third-order valence-corrected chi connectivity index (χ3v) is 5.19. The molecule has 0 radical (unpaired) electrons. The second-order valence-electron chi connectivity index (χ2n) is 6.93. The zero-order valence-corrected chi connectivity index (χ0v) is 16.0. The lowest BCUT2D eigenvalue weighted by atomic mass is 10.0. The molecule has 1 fully saturated rings. The number of carbonyl (C=O) groups excluding carboxylic acids is 1. The summed E-state index contributed by atoms with van der Waals surface area (Å²) in [5, 5.41) is 3.18. The Bertz CT molecular complexity index is 479. The van der Waals surface area contributed by atoms with Crippen molar-refractivity contribution in [3.8, 4) is 0 Å². The predicted octanol–water partition coefficient (Wildman–Crippen LogP) is 3.45. The minimum absolute atomic E-state index is 0.130. The van der Waals surface area contributed by atoms with E-state index in [9.17, 15) is 4.79 Å². The van der Waals surface area contributed by atoms with Crippen LogP contribution >= 0.6 is 0 Å². The molecule has 0 aliphatic carbocycles. The highest BCUT2D eigenvalue weighted by Gasteiger charge is 2.25. The first-order chi connectivity index (χ1) is 12.3. The maximum Gasteiger partial charge on any atom is 0.241 e. The second-order valence-corrected chi connectivity index (χ2v) is 6.93. The second kappa shape index (κ2) is 11.3. The number of hydrogen-bond acceptors (Lipinski definition) is 3. The summed E-state index contributed by atoms with van der Waals surface area (Å²) in [6.45, 7) is 10.3. The molecule has 4 nitrogen and oxygen atoms in total. The van der Waals surface area contributed by atoms with Gasteiger partial charge in [-0.05, 0) is 57.5 Å². The lowest BCUT2D eigenvalue weighted by Gasteiger charge is -2.29. The van der Waals surface area contributed by atoms with Crippen LogP contribution in [0.1, 0.15) is 57.6 Å². The number of benzene rings is 1. The molecule has 2 rings (SSSR count). The van der Waals surface area contributed by atoms with Crippen LogP contribution in [0.5, 0.6) is 0 Å². The number of nitrogens with one attached hydrogen (secondary N) is 1. The first-order valence-electron chi connectivity index (χ1n) is 10.0. The zero-order chi connectivity index (χ0) is 17.9. The first kappa shape index (κ1) is 19.9. The van der Waals surface area contributed by atoms with E-state index in [1.54, 1.807) is 0 Å². The third kappa shape index (κ3) is 6.44. The van der Waals surface area contributed by atoms with Crippen LogP contribution in [0.25, 0.3) is 0 Å². The van der Waals surface area contributed by atoms with Gasteiger partial charge in [0.15, 0.2) is 0 Å². The van der Waals surface area contributed by atoms with Crippen molar-refractivity contribution in [2.24, 2.45) is 0 Å². The molecule has 1 aliphatic heterocycles. The molecule has 1 unspecified atom stereocenters. The van der Waals surface area contributed by atoms with E-state index in [-0.39, 0.29) is 11.9 Å². The van der Waals surface area contributed by atoms with Gasteiger partial charge in [0.25, 0.3) is 0 Å². The first-order valence-corrected chi connectivity index (χ1v) is 10.0. The number of nitrogens with zero attached hydrogens (tertiary/aromatic N) is 2. The van der Waals surface area contributed by atoms with Gasteiger partial charge in [0.2, 0.25) is 5.91 Å². The monoisotopic (exact) mass is 345 g/mol. The minimum atomic E-state index is -0.186. The number of carbonyl (C=O) groups is 1. The van der Waals surface area contributed by atoms with Crippen molar-refractivity contribution in [2.45, 2.75) is 52.0 Å². The molecule has 0 spiro atoms. The Morgan fingerprint density at radius 3 is 2.32 bits per heavy atom. The molecule has 1 atom stereocenters. The Kier molecular flexibility index (Phi) is 8.98. The van der Waals surface area contributed by atoms with Crippen LogP contribution in [0.15, 0.2) is 30.3 Å². The number of likely N-dealkylation sites (N-methyl/N-ethyl adjacent to an activating group) is 1. The van der Waals surface area contributed by atoms with Crippen molar-refractivity contribution >= 4 is 5.91 Å². The molecule has 1 aromatic carbocycles. The van der Waals surface area contributed by atoms with Gasteiger partial charge in [-0.3, -0.25) is 9.69 Å². The summed E-state index contributed by atoms with van der Waals surface area (Å²) in [6.07, 6.45) is 6.42. The van der Waals surface area contributed by atoms with Crippen LogP contribution in [-0.4, -0.2) is 55.0 Å². The average molecular weight is 346 g/mol. The normalized spacial score (nSPS) is 17.2. The van der Waals surface area contributed by atoms with Gasteiger partial charge in [-0.1, -0.05) is 57.0 Å². The number of rotatable bonds is 9. The van der Waals surface area contributed by atoms with Gasteiger partial charge < -0.3 is 10.2 Å². The van der Waals surface area contributed by atoms with Gasteiger partial charge in [0, 0.05) is 6.54 Å². The van der Waals surface area contributed by atoms with E-state index in [0.29, 0.717) is 0 Å². The van der Waals surface area contributed by atoms with Crippen LogP contribution in [0.2, 0.25) is 0 Å². The molecular weight excluding hydrogens is 310 g/mol. The Hall–Kier alpha value is -1.39. The predicted molar refractivity (Wildman–Crippen MR) is 105 cm³/mol. The van der Waals surface area contributed by atoms with Crippen LogP contribution in [0.4, 0.5) is 0 Å². The fraction of sp³-hybridized carbons (Fsp3) is 0.667. The molecule has 1 aromatic rings. The van der Waals surface area contributed by atoms with Crippen molar-refractivity contribution in [3.05, 3.63) is 35.9 Å². The van der Waals surface area contributed by atoms with Crippen LogP contribution < -0.4 is 5.32 Å². The van der Waals surface area contributed by atoms with Gasteiger partial charge in [0.1, 0.15) is 6.04 Å². The molecule has 0 saturated carbocycles. The van der Waals surface area contributed by atoms with Crippen molar-refractivity contribution in [2.75, 3.05) is 39.3 Å². The molecule has 1 heterocycles. The van der Waals surface area contributed by atoms with Gasteiger partial charge in [-0.25, -0.2) is 0 Å². The number of likely N-dealkylation sites (tertiary alicyclic amines) is 1. The topological polar surface area (TPSA) is 35.6 Å². The van der Waals surface area contributed by atoms with E-state index in [0.717, 1.165) is 38.2 Å². The lowest BCUT2D eigenvalue weighted by molar-refractivity contribution is -0.126. The highest BCUT2D eigenvalue weighted by atomic mass is 16.2. The van der Waals surface area contributed by atoms with E-state index in [1.165, 1.54) is 38.8 Å². The Balaban J connectivity index is 1.84. The zero-order valence-electron chi connectivity index (χ0n) is 16.0. The summed E-state index contributed by atoms with van der Waals surface area (Å²) in [7, 11) is 0. The standard InChI is InChI=1S/C21H35N3O/c1-3-24(4-2)20(19-13-8-7-9-14-19)21(25)22-15-12-18-23-16-10-5-6-11-17-23/h7-9,13-14,20H,3-6,10-12,15-18H2,1-2H3,(H,22,25). The molecule has 0 aromatic heterocycles. The number of hydrogen-bond donors (Lipinski definition) is 1. The van der Waals surface area contributed by atoms with Crippen molar-refractivity contribution < 1.29 is 4.79 Å². The smallest absolute Gasteiger partial charge is 0.241 e. The largest absolute Gasteiger partial charge is 0.354 e. The van der Waals surface area contributed by atoms with E-state index < -0.39 is 0 Å². The molecule has 4 heteroatoms. The summed E-state index contributed by atoms with van der Waals surface area (Å²) in [4.78, 5) is 17.6. The van der Waals surface area contributed by atoms with Crippen LogP contribution in [0, 0.1) is 0 Å². The lowest BCUT2D eigenvalue weighted by Crippen LogP contribution is -2.41. The fourth-order valence-electron chi connectivity index (χ4n) is 3.72. The van der Waals surface area contributed by atoms with Gasteiger partial charge in [-0.2, -0.15) is 0 Å². The Morgan fingerprint density at radius 2 is 1.72 bits per heavy atom. The summed E-state index contributed by atoms with van der Waals surface area (Å²) in [6, 6.07) is 9.95. The van der Waals surface area contributed by atoms with E-state index in [1.807, 2.05) is 18.2 Å². The van der Waals surface area contributed by atoms with Crippen molar-refractivity contribution in [1.82, 2.24) is 15.1 Å².